The van der Waals surface area contributed by atoms with Gasteiger partial charge in [0.25, 0.3) is 0 Å². The zero-order valence-electron chi connectivity index (χ0n) is 12.3. The van der Waals surface area contributed by atoms with Gasteiger partial charge in [-0.1, -0.05) is 18.2 Å². The SMILES string of the molecule is CCOc1c(CNCc2ccccn2)cccc1OC.Cl. The van der Waals surface area contributed by atoms with E-state index in [1.165, 1.54) is 0 Å². The summed E-state index contributed by atoms with van der Waals surface area (Å²) in [5.41, 5.74) is 2.11. The number of hydrogen-bond donors (Lipinski definition) is 1. The van der Waals surface area contributed by atoms with Gasteiger partial charge in [-0.2, -0.15) is 0 Å². The molecule has 0 radical (unpaired) electrons. The van der Waals surface area contributed by atoms with E-state index in [1.54, 1.807) is 13.3 Å². The van der Waals surface area contributed by atoms with Crippen LogP contribution in [0, 0.1) is 0 Å². The molecular weight excluding hydrogens is 288 g/mol. The third-order valence-corrected chi connectivity index (χ3v) is 2.92. The van der Waals surface area contributed by atoms with Gasteiger partial charge < -0.3 is 14.8 Å². The molecule has 0 aliphatic heterocycles. The van der Waals surface area contributed by atoms with Crippen molar-refractivity contribution in [3.05, 3.63) is 53.9 Å². The lowest BCUT2D eigenvalue weighted by atomic mass is 10.2. The maximum absolute atomic E-state index is 5.68. The molecule has 0 atom stereocenters. The molecule has 114 valence electrons. The number of benzene rings is 1. The molecule has 1 aromatic carbocycles. The molecule has 0 aliphatic carbocycles. The quantitative estimate of drug-likeness (QED) is 0.853. The van der Waals surface area contributed by atoms with Gasteiger partial charge in [-0.15, -0.1) is 12.4 Å². The van der Waals surface area contributed by atoms with Crippen molar-refractivity contribution in [2.24, 2.45) is 0 Å². The third-order valence-electron chi connectivity index (χ3n) is 2.92. The molecule has 0 saturated carbocycles. The number of halogens is 1. The van der Waals surface area contributed by atoms with Gasteiger partial charge in [-0.3, -0.25) is 4.98 Å². The molecule has 0 spiro atoms. The standard InChI is InChI=1S/C16H20N2O2.ClH/c1-3-20-16-13(7-6-9-15(16)19-2)11-17-12-14-8-4-5-10-18-14;/h4-10,17H,3,11-12H2,1-2H3;1H. The van der Waals surface area contributed by atoms with Crippen LogP contribution in [-0.4, -0.2) is 18.7 Å². The molecule has 1 N–H and O–H groups in total. The summed E-state index contributed by atoms with van der Waals surface area (Å²) >= 11 is 0. The van der Waals surface area contributed by atoms with Crippen molar-refractivity contribution >= 4 is 12.4 Å². The Kier molecular flexibility index (Phi) is 7.58. The smallest absolute Gasteiger partial charge is 0.165 e. The summed E-state index contributed by atoms with van der Waals surface area (Å²) in [5.74, 6) is 1.58. The number of rotatable bonds is 7. The Morgan fingerprint density at radius 2 is 1.95 bits per heavy atom. The minimum atomic E-state index is 0. The lowest BCUT2D eigenvalue weighted by Gasteiger charge is -2.14. The van der Waals surface area contributed by atoms with Gasteiger partial charge in [0, 0.05) is 24.8 Å². The average molecular weight is 309 g/mol. The summed E-state index contributed by atoms with van der Waals surface area (Å²) in [6.07, 6.45) is 1.80. The molecular formula is C16H21ClN2O2. The average Bonchev–Trinajstić information content (AvgIpc) is 2.50. The van der Waals surface area contributed by atoms with Gasteiger partial charge in [-0.05, 0) is 25.1 Å². The second kappa shape index (κ2) is 9.21. The third kappa shape index (κ3) is 4.92. The number of nitrogens with zero attached hydrogens (tertiary/aromatic N) is 1. The second-order valence-corrected chi connectivity index (χ2v) is 4.31. The second-order valence-electron chi connectivity index (χ2n) is 4.31. The number of methoxy groups -OCH3 is 1. The molecule has 4 nitrogen and oxygen atoms in total. The van der Waals surface area contributed by atoms with Gasteiger partial charge in [0.15, 0.2) is 11.5 Å². The first-order chi connectivity index (χ1) is 9.85. The van der Waals surface area contributed by atoms with Crippen LogP contribution in [0.5, 0.6) is 11.5 Å². The van der Waals surface area contributed by atoms with Crippen molar-refractivity contribution in [3.63, 3.8) is 0 Å². The number of ether oxygens (including phenoxy) is 2. The predicted octanol–water partition coefficient (Wildman–Crippen LogP) is 3.20. The molecule has 0 amide bonds. The van der Waals surface area contributed by atoms with E-state index >= 15 is 0 Å². The van der Waals surface area contributed by atoms with Crippen molar-refractivity contribution in [1.29, 1.82) is 0 Å². The van der Waals surface area contributed by atoms with E-state index in [1.807, 2.05) is 43.3 Å². The molecule has 0 unspecified atom stereocenters. The number of para-hydroxylation sites is 1. The molecule has 0 aliphatic rings. The Labute approximate surface area is 131 Å². The van der Waals surface area contributed by atoms with E-state index < -0.39 is 0 Å². The molecule has 0 saturated heterocycles. The predicted molar refractivity (Wildman–Crippen MR) is 86.2 cm³/mol. The first kappa shape index (κ1) is 17.3. The fraction of sp³-hybridized carbons (Fsp3) is 0.312. The van der Waals surface area contributed by atoms with Gasteiger partial charge >= 0.3 is 0 Å². The molecule has 21 heavy (non-hydrogen) atoms. The van der Waals surface area contributed by atoms with Crippen molar-refractivity contribution in [2.45, 2.75) is 20.0 Å². The minimum Gasteiger partial charge on any atom is -0.493 e. The lowest BCUT2D eigenvalue weighted by molar-refractivity contribution is 0.306. The summed E-state index contributed by atoms with van der Waals surface area (Å²) in [5, 5.41) is 3.37. The molecule has 0 fully saturated rings. The van der Waals surface area contributed by atoms with Crippen molar-refractivity contribution in [3.8, 4) is 11.5 Å². The van der Waals surface area contributed by atoms with Crippen LogP contribution in [-0.2, 0) is 13.1 Å². The summed E-state index contributed by atoms with van der Waals surface area (Å²) in [7, 11) is 1.66. The first-order valence-electron chi connectivity index (χ1n) is 6.74. The molecule has 0 bridgehead atoms. The van der Waals surface area contributed by atoms with Crippen LogP contribution >= 0.6 is 12.4 Å². The van der Waals surface area contributed by atoms with E-state index in [-0.39, 0.29) is 12.4 Å². The van der Waals surface area contributed by atoms with E-state index in [0.29, 0.717) is 13.2 Å². The normalized spacial score (nSPS) is 9.81. The van der Waals surface area contributed by atoms with E-state index in [2.05, 4.69) is 10.3 Å². The van der Waals surface area contributed by atoms with Crippen molar-refractivity contribution in [2.75, 3.05) is 13.7 Å². The Balaban J connectivity index is 0.00000220. The number of hydrogen-bond acceptors (Lipinski definition) is 4. The van der Waals surface area contributed by atoms with Gasteiger partial charge in [0.05, 0.1) is 19.4 Å². The molecule has 5 heteroatoms. The van der Waals surface area contributed by atoms with Crippen LogP contribution in [0.3, 0.4) is 0 Å². The van der Waals surface area contributed by atoms with Crippen molar-refractivity contribution in [1.82, 2.24) is 10.3 Å². The topological polar surface area (TPSA) is 43.4 Å². The Morgan fingerprint density at radius 1 is 1.10 bits per heavy atom. The summed E-state index contributed by atoms with van der Waals surface area (Å²) < 4.78 is 11.0. The summed E-state index contributed by atoms with van der Waals surface area (Å²) in [6, 6.07) is 11.8. The summed E-state index contributed by atoms with van der Waals surface area (Å²) in [6.45, 7) is 4.03. The van der Waals surface area contributed by atoms with Gasteiger partial charge in [-0.25, -0.2) is 0 Å². The monoisotopic (exact) mass is 308 g/mol. The minimum absolute atomic E-state index is 0. The fourth-order valence-electron chi connectivity index (χ4n) is 2.00. The highest BCUT2D eigenvalue weighted by molar-refractivity contribution is 5.85. The number of nitrogens with one attached hydrogen (secondary N) is 1. The van der Waals surface area contributed by atoms with Crippen LogP contribution in [0.2, 0.25) is 0 Å². The van der Waals surface area contributed by atoms with Crippen LogP contribution in [0.25, 0.3) is 0 Å². The van der Waals surface area contributed by atoms with Crippen molar-refractivity contribution < 1.29 is 9.47 Å². The molecule has 1 heterocycles. The van der Waals surface area contributed by atoms with Crippen LogP contribution in [0.15, 0.2) is 42.6 Å². The highest BCUT2D eigenvalue weighted by Gasteiger charge is 2.09. The zero-order chi connectivity index (χ0) is 14.2. The van der Waals surface area contributed by atoms with Crippen LogP contribution in [0.4, 0.5) is 0 Å². The lowest BCUT2D eigenvalue weighted by Crippen LogP contribution is -2.14. The summed E-state index contributed by atoms with van der Waals surface area (Å²) in [4.78, 5) is 4.28. The maximum atomic E-state index is 5.68. The fourth-order valence-corrected chi connectivity index (χ4v) is 2.00. The molecule has 2 aromatic rings. The highest BCUT2D eigenvalue weighted by Crippen LogP contribution is 2.30. The van der Waals surface area contributed by atoms with E-state index in [4.69, 9.17) is 9.47 Å². The molecule has 2 rings (SSSR count). The number of aromatic nitrogens is 1. The Morgan fingerprint density at radius 3 is 2.62 bits per heavy atom. The largest absolute Gasteiger partial charge is 0.493 e. The van der Waals surface area contributed by atoms with Crippen LogP contribution in [0.1, 0.15) is 18.2 Å². The first-order valence-corrected chi connectivity index (χ1v) is 6.74. The van der Waals surface area contributed by atoms with Crippen LogP contribution < -0.4 is 14.8 Å². The Hall–Kier alpha value is -1.78. The maximum Gasteiger partial charge on any atom is 0.165 e. The van der Waals surface area contributed by atoms with Gasteiger partial charge in [0.1, 0.15) is 0 Å². The van der Waals surface area contributed by atoms with E-state index in [0.717, 1.165) is 29.3 Å². The van der Waals surface area contributed by atoms with Gasteiger partial charge in [0.2, 0.25) is 0 Å². The highest BCUT2D eigenvalue weighted by atomic mass is 35.5. The zero-order valence-corrected chi connectivity index (χ0v) is 13.2. The van der Waals surface area contributed by atoms with E-state index in [9.17, 15) is 0 Å². The molecule has 1 aromatic heterocycles. The Bertz CT molecular complexity index is 535. The number of pyridine rings is 1.